The van der Waals surface area contributed by atoms with Crippen molar-refractivity contribution in [2.75, 3.05) is 0 Å². The first-order valence-electron chi connectivity index (χ1n) is 3.82. The van der Waals surface area contributed by atoms with E-state index < -0.39 is 0 Å². The van der Waals surface area contributed by atoms with Gasteiger partial charge in [0.05, 0.1) is 6.92 Å². The number of hydrogen-bond donors (Lipinski definition) is 0. The topological polar surface area (TPSA) is 4.36 Å². The summed E-state index contributed by atoms with van der Waals surface area (Å²) in [5.41, 5.74) is 2.48. The Bertz CT molecular complexity index is 333. The number of nitrogens with zero attached hydrogens (tertiary/aromatic N) is 1. The fourth-order valence-corrected chi connectivity index (χ4v) is 1.22. The second-order valence-corrected chi connectivity index (χ2v) is 3.48. The Hall–Kier alpha value is -0.810. The van der Waals surface area contributed by atoms with Crippen LogP contribution in [-0.4, -0.2) is 0 Å². The van der Waals surface area contributed by atoms with Gasteiger partial charge in [0.15, 0.2) is 0 Å². The quantitative estimate of drug-likeness (QED) is 0.687. The molecule has 0 N–H and O–H groups in total. The van der Waals surface area contributed by atoms with E-state index in [-0.39, 0.29) is 0 Å². The first-order valence-corrected chi connectivity index (χ1v) is 4.61. The molecule has 0 aliphatic heterocycles. The monoisotopic (exact) mass is 224 g/mol. The van der Waals surface area contributed by atoms with Gasteiger partial charge in [-0.25, -0.2) is 0 Å². The third kappa shape index (κ3) is 2.35. The highest BCUT2D eigenvalue weighted by molar-refractivity contribution is 9.10. The third-order valence-corrected chi connectivity index (χ3v) is 2.53. The van der Waals surface area contributed by atoms with Crippen LogP contribution in [0.5, 0.6) is 0 Å². The molecule has 0 unspecified atom stereocenters. The molecule has 1 rings (SSSR count). The van der Waals surface area contributed by atoms with E-state index in [0.717, 1.165) is 11.0 Å². The third-order valence-electron chi connectivity index (χ3n) is 1.64. The maximum Gasteiger partial charge on any atom is 0.288 e. The normalized spacial score (nSPS) is 8.92. The SMILES string of the molecule is CC#[N+]Cc1ccc(Br)c(C)c1. The number of benzene rings is 1. The first kappa shape index (κ1) is 9.28. The second kappa shape index (κ2) is 4.27. The predicted molar refractivity (Wildman–Crippen MR) is 55.5 cm³/mol. The van der Waals surface area contributed by atoms with E-state index in [1.165, 1.54) is 11.1 Å². The highest BCUT2D eigenvalue weighted by Crippen LogP contribution is 2.17. The van der Waals surface area contributed by atoms with Gasteiger partial charge in [0.25, 0.3) is 12.6 Å². The van der Waals surface area contributed by atoms with Gasteiger partial charge in [-0.1, -0.05) is 26.8 Å². The molecule has 0 bridgehead atoms. The molecular weight excluding hydrogens is 214 g/mol. The van der Waals surface area contributed by atoms with E-state index in [9.17, 15) is 0 Å². The Balaban J connectivity index is 2.87. The molecule has 0 aliphatic rings. The van der Waals surface area contributed by atoms with Gasteiger partial charge in [-0.05, 0) is 24.6 Å². The summed E-state index contributed by atoms with van der Waals surface area (Å²) in [7, 11) is 0. The van der Waals surface area contributed by atoms with E-state index in [0.29, 0.717) is 0 Å². The summed E-state index contributed by atoms with van der Waals surface area (Å²) in [5.74, 6) is 0. The number of aryl methyl sites for hydroxylation is 1. The molecule has 0 saturated carbocycles. The average Bonchev–Trinajstić information content (AvgIpc) is 2.07. The van der Waals surface area contributed by atoms with Crippen LogP contribution in [0.3, 0.4) is 0 Å². The summed E-state index contributed by atoms with van der Waals surface area (Å²) in [6.45, 7) is 4.61. The zero-order valence-corrected chi connectivity index (χ0v) is 8.85. The number of rotatable bonds is 1. The van der Waals surface area contributed by atoms with Gasteiger partial charge >= 0.3 is 0 Å². The molecule has 1 nitrogen and oxygen atoms in total. The molecule has 0 aromatic heterocycles. The van der Waals surface area contributed by atoms with Crippen molar-refractivity contribution < 1.29 is 0 Å². The van der Waals surface area contributed by atoms with Gasteiger partial charge in [0.2, 0.25) is 0 Å². The fourth-order valence-electron chi connectivity index (χ4n) is 0.975. The van der Waals surface area contributed by atoms with Gasteiger partial charge < -0.3 is 0 Å². The Kier molecular flexibility index (Phi) is 3.31. The summed E-state index contributed by atoms with van der Waals surface area (Å²) < 4.78 is 1.15. The Morgan fingerprint density at radius 1 is 1.50 bits per heavy atom. The van der Waals surface area contributed by atoms with Gasteiger partial charge in [0.1, 0.15) is 0 Å². The van der Waals surface area contributed by atoms with E-state index in [4.69, 9.17) is 0 Å². The van der Waals surface area contributed by atoms with Crippen molar-refractivity contribution in [3.63, 3.8) is 0 Å². The van der Waals surface area contributed by atoms with E-state index in [1.54, 1.807) is 0 Å². The highest BCUT2D eigenvalue weighted by Gasteiger charge is 1.99. The molecule has 1 aromatic carbocycles. The van der Waals surface area contributed by atoms with Crippen LogP contribution < -0.4 is 0 Å². The van der Waals surface area contributed by atoms with Crippen LogP contribution in [-0.2, 0) is 6.54 Å². The van der Waals surface area contributed by atoms with E-state index in [1.807, 2.05) is 6.92 Å². The van der Waals surface area contributed by atoms with Crippen LogP contribution in [0.4, 0.5) is 0 Å². The zero-order chi connectivity index (χ0) is 8.97. The van der Waals surface area contributed by atoms with Crippen LogP contribution in [0.25, 0.3) is 4.85 Å². The Labute approximate surface area is 81.4 Å². The van der Waals surface area contributed by atoms with Crippen molar-refractivity contribution in [2.45, 2.75) is 20.4 Å². The zero-order valence-electron chi connectivity index (χ0n) is 7.26. The minimum Gasteiger partial charge on any atom is -0.0788 e. The lowest BCUT2D eigenvalue weighted by atomic mass is 10.1. The van der Waals surface area contributed by atoms with Crippen molar-refractivity contribution in [3.05, 3.63) is 38.6 Å². The van der Waals surface area contributed by atoms with Gasteiger partial charge in [-0.15, -0.1) is 0 Å². The van der Waals surface area contributed by atoms with Crippen molar-refractivity contribution >= 4 is 15.9 Å². The number of halogens is 1. The molecule has 0 fully saturated rings. The highest BCUT2D eigenvalue weighted by atomic mass is 79.9. The summed E-state index contributed by atoms with van der Waals surface area (Å²) >= 11 is 3.45. The van der Waals surface area contributed by atoms with E-state index >= 15 is 0 Å². The summed E-state index contributed by atoms with van der Waals surface area (Å²) in [6.07, 6.45) is 0. The minimum atomic E-state index is 0.727. The van der Waals surface area contributed by atoms with Gasteiger partial charge in [-0.3, -0.25) is 0 Å². The molecule has 0 atom stereocenters. The summed E-state index contributed by atoms with van der Waals surface area (Å²) in [5, 5.41) is 0. The van der Waals surface area contributed by atoms with Crippen LogP contribution in [0.15, 0.2) is 22.7 Å². The number of hydrogen-bond acceptors (Lipinski definition) is 0. The summed E-state index contributed by atoms with van der Waals surface area (Å²) in [6, 6.07) is 9.01. The lowest BCUT2D eigenvalue weighted by molar-refractivity contribution is 1.23. The molecule has 0 saturated heterocycles. The summed E-state index contributed by atoms with van der Waals surface area (Å²) in [4.78, 5) is 4.05. The molecule has 12 heavy (non-hydrogen) atoms. The average molecular weight is 225 g/mol. The van der Waals surface area contributed by atoms with Crippen molar-refractivity contribution in [1.82, 2.24) is 0 Å². The second-order valence-electron chi connectivity index (χ2n) is 2.62. The molecule has 0 spiro atoms. The molecule has 0 radical (unpaired) electrons. The lowest BCUT2D eigenvalue weighted by Gasteiger charge is -1.96. The molecule has 0 amide bonds. The molecule has 0 heterocycles. The smallest absolute Gasteiger partial charge is 0.0788 e. The van der Waals surface area contributed by atoms with Crippen molar-refractivity contribution in [1.29, 1.82) is 0 Å². The standard InChI is InChI=1S/C10H11BrN/c1-3-12-7-9-4-5-10(11)8(2)6-9/h4-6H,7H2,1-2H3/q+1. The lowest BCUT2D eigenvalue weighted by Crippen LogP contribution is -1.82. The van der Waals surface area contributed by atoms with Crippen LogP contribution >= 0.6 is 15.9 Å². The molecule has 0 aliphatic carbocycles. The maximum atomic E-state index is 4.05. The van der Waals surface area contributed by atoms with Crippen LogP contribution in [0.1, 0.15) is 18.1 Å². The molecule has 62 valence electrons. The first-order chi connectivity index (χ1) is 5.74. The maximum absolute atomic E-state index is 4.05. The van der Waals surface area contributed by atoms with Crippen LogP contribution in [0, 0.1) is 13.0 Å². The van der Waals surface area contributed by atoms with Crippen molar-refractivity contribution in [2.24, 2.45) is 0 Å². The van der Waals surface area contributed by atoms with Gasteiger partial charge in [0, 0.05) is 10.0 Å². The fraction of sp³-hybridized carbons (Fsp3) is 0.300. The molecular formula is C10H11BrN+. The van der Waals surface area contributed by atoms with Crippen molar-refractivity contribution in [3.8, 4) is 6.07 Å². The Morgan fingerprint density at radius 3 is 2.83 bits per heavy atom. The molecule has 2 heteroatoms. The Morgan fingerprint density at radius 2 is 2.25 bits per heavy atom. The minimum absolute atomic E-state index is 0.727. The molecule has 1 aromatic rings. The van der Waals surface area contributed by atoms with Gasteiger partial charge in [-0.2, -0.15) is 0 Å². The largest absolute Gasteiger partial charge is 0.288 e. The van der Waals surface area contributed by atoms with E-state index in [2.05, 4.69) is 52.0 Å². The predicted octanol–water partition coefficient (Wildman–Crippen LogP) is 3.61. The van der Waals surface area contributed by atoms with Crippen LogP contribution in [0.2, 0.25) is 0 Å².